The molecule has 0 saturated carbocycles. The zero-order valence-corrected chi connectivity index (χ0v) is 18.7. The summed E-state index contributed by atoms with van der Waals surface area (Å²) in [7, 11) is 0. The standard InChI is InChI=1S/C26H34N4O/c1-3-26(4-2,23-14-9-6-10-15-23)29-17-11-19-30-20-24(28-21-30)16-18-27-25(31)22-12-7-5-8-13-22/h5-10,12-15,20-21,29H,3-4,11,16-19H2,1-2H3,(H,27,31). The molecular formula is C26H34N4O. The van der Waals surface area contributed by atoms with Gasteiger partial charge >= 0.3 is 0 Å². The van der Waals surface area contributed by atoms with E-state index in [0.717, 1.165) is 44.5 Å². The summed E-state index contributed by atoms with van der Waals surface area (Å²) in [5.41, 5.74) is 3.09. The third kappa shape index (κ3) is 6.28. The van der Waals surface area contributed by atoms with Gasteiger partial charge in [-0.05, 0) is 43.5 Å². The maximum atomic E-state index is 12.1. The van der Waals surface area contributed by atoms with Gasteiger partial charge in [0.15, 0.2) is 0 Å². The van der Waals surface area contributed by atoms with Gasteiger partial charge in [-0.1, -0.05) is 62.4 Å². The number of carbonyl (C=O) groups excluding carboxylic acids is 1. The third-order valence-electron chi connectivity index (χ3n) is 5.98. The molecule has 1 heterocycles. The molecule has 0 aliphatic heterocycles. The maximum Gasteiger partial charge on any atom is 0.251 e. The van der Waals surface area contributed by atoms with Crippen molar-refractivity contribution in [3.8, 4) is 0 Å². The van der Waals surface area contributed by atoms with Crippen LogP contribution in [0.5, 0.6) is 0 Å². The molecule has 1 aromatic heterocycles. The van der Waals surface area contributed by atoms with Crippen LogP contribution in [-0.2, 0) is 18.5 Å². The van der Waals surface area contributed by atoms with E-state index in [1.807, 2.05) is 36.7 Å². The van der Waals surface area contributed by atoms with E-state index >= 15 is 0 Å². The van der Waals surface area contributed by atoms with Crippen LogP contribution in [0, 0.1) is 0 Å². The van der Waals surface area contributed by atoms with Crippen LogP contribution in [-0.4, -0.2) is 28.5 Å². The van der Waals surface area contributed by atoms with Gasteiger partial charge in [-0.2, -0.15) is 0 Å². The molecule has 0 fully saturated rings. The maximum absolute atomic E-state index is 12.1. The summed E-state index contributed by atoms with van der Waals surface area (Å²) < 4.78 is 2.14. The van der Waals surface area contributed by atoms with E-state index in [0.29, 0.717) is 12.1 Å². The largest absolute Gasteiger partial charge is 0.352 e. The van der Waals surface area contributed by atoms with Crippen LogP contribution in [0.4, 0.5) is 0 Å². The lowest BCUT2D eigenvalue weighted by molar-refractivity contribution is 0.0954. The Morgan fingerprint density at radius 1 is 0.968 bits per heavy atom. The van der Waals surface area contributed by atoms with Crippen molar-refractivity contribution in [1.29, 1.82) is 0 Å². The molecule has 0 aliphatic carbocycles. The Morgan fingerprint density at radius 3 is 2.32 bits per heavy atom. The number of imidazole rings is 1. The fourth-order valence-electron chi connectivity index (χ4n) is 4.01. The van der Waals surface area contributed by atoms with Crippen LogP contribution in [0.25, 0.3) is 0 Å². The molecule has 2 N–H and O–H groups in total. The summed E-state index contributed by atoms with van der Waals surface area (Å²) in [5, 5.41) is 6.76. The highest BCUT2D eigenvalue weighted by Gasteiger charge is 2.26. The van der Waals surface area contributed by atoms with Crippen molar-refractivity contribution in [3.63, 3.8) is 0 Å². The van der Waals surface area contributed by atoms with Gasteiger partial charge in [0.05, 0.1) is 12.0 Å². The van der Waals surface area contributed by atoms with E-state index < -0.39 is 0 Å². The van der Waals surface area contributed by atoms with E-state index in [2.05, 4.69) is 70.6 Å². The average Bonchev–Trinajstić information content (AvgIpc) is 3.28. The zero-order valence-electron chi connectivity index (χ0n) is 18.7. The van der Waals surface area contributed by atoms with Crippen LogP contribution in [0.2, 0.25) is 0 Å². The predicted molar refractivity (Wildman–Crippen MR) is 126 cm³/mol. The molecule has 31 heavy (non-hydrogen) atoms. The number of amides is 1. The minimum Gasteiger partial charge on any atom is -0.352 e. The molecule has 0 unspecified atom stereocenters. The topological polar surface area (TPSA) is 59.0 Å². The summed E-state index contributed by atoms with van der Waals surface area (Å²) in [6.07, 6.45) is 7.87. The highest BCUT2D eigenvalue weighted by Crippen LogP contribution is 2.28. The quantitative estimate of drug-likeness (QED) is 0.424. The highest BCUT2D eigenvalue weighted by atomic mass is 16.1. The molecule has 0 radical (unpaired) electrons. The van der Waals surface area contributed by atoms with Crippen LogP contribution >= 0.6 is 0 Å². The van der Waals surface area contributed by atoms with E-state index in [1.165, 1.54) is 5.56 Å². The van der Waals surface area contributed by atoms with Crippen molar-refractivity contribution in [1.82, 2.24) is 20.2 Å². The monoisotopic (exact) mass is 418 g/mol. The Bertz CT molecular complexity index is 917. The van der Waals surface area contributed by atoms with Crippen molar-refractivity contribution in [2.75, 3.05) is 13.1 Å². The van der Waals surface area contributed by atoms with E-state index in [1.54, 1.807) is 0 Å². The minimum absolute atomic E-state index is 0.0400. The average molecular weight is 419 g/mol. The third-order valence-corrected chi connectivity index (χ3v) is 5.98. The number of benzene rings is 2. The second kappa shape index (κ2) is 11.5. The van der Waals surface area contributed by atoms with Crippen LogP contribution in [0.15, 0.2) is 73.2 Å². The van der Waals surface area contributed by atoms with Gasteiger partial charge in [0.1, 0.15) is 0 Å². The first-order valence-corrected chi connectivity index (χ1v) is 11.3. The Kier molecular flexibility index (Phi) is 8.42. The van der Waals surface area contributed by atoms with Crippen molar-refractivity contribution in [2.45, 2.75) is 51.6 Å². The highest BCUT2D eigenvalue weighted by molar-refractivity contribution is 5.94. The first-order chi connectivity index (χ1) is 15.2. The summed E-state index contributed by atoms with van der Waals surface area (Å²) in [6.45, 7) is 6.97. The number of aromatic nitrogens is 2. The number of nitrogens with one attached hydrogen (secondary N) is 2. The SMILES string of the molecule is CCC(CC)(NCCCn1cnc(CCNC(=O)c2ccccc2)c1)c1ccccc1. The number of hydrogen-bond acceptors (Lipinski definition) is 3. The van der Waals surface area contributed by atoms with Gasteiger partial charge in [-0.3, -0.25) is 4.79 Å². The lowest BCUT2D eigenvalue weighted by atomic mass is 9.84. The van der Waals surface area contributed by atoms with Gasteiger partial charge < -0.3 is 15.2 Å². The van der Waals surface area contributed by atoms with Crippen molar-refractivity contribution < 1.29 is 4.79 Å². The fraction of sp³-hybridized carbons (Fsp3) is 0.385. The molecule has 3 aromatic rings. The molecule has 5 nitrogen and oxygen atoms in total. The Labute approximate surface area is 185 Å². The van der Waals surface area contributed by atoms with Gasteiger partial charge in [0.2, 0.25) is 0 Å². The normalized spacial score (nSPS) is 11.4. The van der Waals surface area contributed by atoms with Crippen molar-refractivity contribution >= 4 is 5.91 Å². The Morgan fingerprint density at radius 2 is 1.65 bits per heavy atom. The van der Waals surface area contributed by atoms with Gasteiger partial charge in [-0.25, -0.2) is 4.98 Å². The molecule has 0 saturated heterocycles. The van der Waals surface area contributed by atoms with Gasteiger partial charge in [0.25, 0.3) is 5.91 Å². The predicted octanol–water partition coefficient (Wildman–Crippen LogP) is 4.55. The number of hydrogen-bond donors (Lipinski definition) is 2. The second-order valence-corrected chi connectivity index (χ2v) is 7.91. The Balaban J connectivity index is 1.41. The molecule has 0 bridgehead atoms. The van der Waals surface area contributed by atoms with Crippen molar-refractivity contribution in [3.05, 3.63) is 90.0 Å². The van der Waals surface area contributed by atoms with Crippen LogP contribution < -0.4 is 10.6 Å². The summed E-state index contributed by atoms with van der Waals surface area (Å²) >= 11 is 0. The van der Waals surface area contributed by atoms with Crippen molar-refractivity contribution in [2.24, 2.45) is 0 Å². The first kappa shape index (κ1) is 22.8. The molecule has 0 atom stereocenters. The molecular weight excluding hydrogens is 384 g/mol. The van der Waals surface area contributed by atoms with Gasteiger partial charge in [-0.15, -0.1) is 0 Å². The molecule has 2 aromatic carbocycles. The summed E-state index contributed by atoms with van der Waals surface area (Å²) in [6, 6.07) is 20.0. The molecule has 0 aliphatic rings. The van der Waals surface area contributed by atoms with E-state index in [-0.39, 0.29) is 11.4 Å². The second-order valence-electron chi connectivity index (χ2n) is 7.91. The smallest absolute Gasteiger partial charge is 0.251 e. The molecule has 1 amide bonds. The van der Waals surface area contributed by atoms with Crippen LogP contribution in [0.1, 0.15) is 54.7 Å². The molecule has 164 valence electrons. The lowest BCUT2D eigenvalue weighted by Crippen LogP contribution is -2.42. The first-order valence-electron chi connectivity index (χ1n) is 11.3. The molecule has 3 rings (SSSR count). The summed E-state index contributed by atoms with van der Waals surface area (Å²) in [4.78, 5) is 16.6. The van der Waals surface area contributed by atoms with E-state index in [4.69, 9.17) is 0 Å². The zero-order chi connectivity index (χ0) is 21.9. The Hall–Kier alpha value is -2.92. The summed E-state index contributed by atoms with van der Waals surface area (Å²) in [5.74, 6) is -0.0418. The minimum atomic E-state index is -0.0418. The number of aryl methyl sites for hydroxylation is 1. The van der Waals surface area contributed by atoms with Crippen LogP contribution in [0.3, 0.4) is 0 Å². The molecule has 0 spiro atoms. The number of carbonyl (C=O) groups is 1. The number of nitrogens with zero attached hydrogens (tertiary/aromatic N) is 2. The van der Waals surface area contributed by atoms with E-state index in [9.17, 15) is 4.79 Å². The van der Waals surface area contributed by atoms with Gasteiger partial charge in [0, 0.05) is 36.8 Å². The number of rotatable bonds is 12. The lowest BCUT2D eigenvalue weighted by Gasteiger charge is -2.34. The fourth-order valence-corrected chi connectivity index (χ4v) is 4.01. The molecule has 5 heteroatoms.